The molecule has 2 aromatic rings. The van der Waals surface area contributed by atoms with Gasteiger partial charge >= 0.3 is 0 Å². The molecule has 0 saturated heterocycles. The van der Waals surface area contributed by atoms with Crippen LogP contribution >= 0.6 is 0 Å². The number of amides is 1. The van der Waals surface area contributed by atoms with E-state index in [1.807, 2.05) is 25.1 Å². The highest BCUT2D eigenvalue weighted by atomic mass is 19.1. The number of ether oxygens (including phenoxy) is 1. The van der Waals surface area contributed by atoms with Crippen molar-refractivity contribution in [2.24, 2.45) is 5.73 Å². The Morgan fingerprint density at radius 3 is 2.68 bits per heavy atom. The van der Waals surface area contributed by atoms with Crippen LogP contribution in [0.15, 0.2) is 42.5 Å². The summed E-state index contributed by atoms with van der Waals surface area (Å²) in [4.78, 5) is 13.5. The van der Waals surface area contributed by atoms with Gasteiger partial charge in [-0.1, -0.05) is 18.2 Å². The number of fused-ring (bicyclic) bond motifs is 1. The molecule has 0 aromatic heterocycles. The molecule has 1 aliphatic rings. The van der Waals surface area contributed by atoms with Crippen LogP contribution in [0.5, 0.6) is 5.75 Å². The molecule has 25 heavy (non-hydrogen) atoms. The van der Waals surface area contributed by atoms with Gasteiger partial charge in [0.15, 0.2) is 0 Å². The van der Waals surface area contributed by atoms with Gasteiger partial charge in [0, 0.05) is 13.1 Å². The second-order valence-electron chi connectivity index (χ2n) is 6.46. The number of nitrogens with two attached hydrogens (primary N) is 1. The van der Waals surface area contributed by atoms with Gasteiger partial charge < -0.3 is 10.5 Å². The van der Waals surface area contributed by atoms with Crippen LogP contribution in [0.1, 0.15) is 23.6 Å². The fraction of sp³-hybridized carbons (Fsp3) is 0.350. The maximum atomic E-state index is 13.2. The number of nitrogens with zero attached hydrogens (tertiary/aromatic N) is 1. The predicted molar refractivity (Wildman–Crippen MR) is 94.8 cm³/mol. The summed E-state index contributed by atoms with van der Waals surface area (Å²) >= 11 is 0. The molecule has 0 radical (unpaired) electrons. The monoisotopic (exact) mass is 342 g/mol. The molecular formula is C20H23FN2O2. The van der Waals surface area contributed by atoms with Gasteiger partial charge in [0.05, 0.1) is 6.04 Å². The van der Waals surface area contributed by atoms with Crippen molar-refractivity contribution in [3.05, 3.63) is 65.0 Å². The zero-order valence-corrected chi connectivity index (χ0v) is 14.4. The second kappa shape index (κ2) is 7.66. The summed E-state index contributed by atoms with van der Waals surface area (Å²) < 4.78 is 19.0. The molecule has 0 spiro atoms. The highest BCUT2D eigenvalue weighted by Crippen LogP contribution is 2.23. The molecule has 0 aliphatic carbocycles. The van der Waals surface area contributed by atoms with Crippen LogP contribution in [0, 0.1) is 5.82 Å². The van der Waals surface area contributed by atoms with Gasteiger partial charge in [-0.25, -0.2) is 4.39 Å². The molecule has 4 nitrogen and oxygen atoms in total. The molecular weight excluding hydrogens is 319 g/mol. The van der Waals surface area contributed by atoms with Crippen LogP contribution in [-0.2, 0) is 24.2 Å². The topological polar surface area (TPSA) is 55.6 Å². The number of carbonyl (C=O) groups excluding carboxylic acids is 1. The minimum absolute atomic E-state index is 0.252. The van der Waals surface area contributed by atoms with Crippen LogP contribution < -0.4 is 10.5 Å². The van der Waals surface area contributed by atoms with Gasteiger partial charge in [0.2, 0.25) is 5.91 Å². The van der Waals surface area contributed by atoms with Crippen LogP contribution in [0.4, 0.5) is 4.39 Å². The molecule has 2 N–H and O–H groups in total. The maximum absolute atomic E-state index is 13.2. The third-order valence-electron chi connectivity index (χ3n) is 4.77. The molecule has 0 unspecified atom stereocenters. The average molecular weight is 342 g/mol. The Morgan fingerprint density at radius 1 is 1.20 bits per heavy atom. The Labute approximate surface area is 147 Å². The minimum Gasteiger partial charge on any atom is -0.489 e. The Morgan fingerprint density at radius 2 is 1.96 bits per heavy atom. The maximum Gasteiger partial charge on any atom is 0.234 e. The number of rotatable bonds is 5. The molecule has 1 amide bonds. The van der Waals surface area contributed by atoms with Gasteiger partial charge in [0.1, 0.15) is 18.2 Å². The zero-order chi connectivity index (χ0) is 17.8. The van der Waals surface area contributed by atoms with Crippen LogP contribution in [-0.4, -0.2) is 29.9 Å². The Kier molecular flexibility index (Phi) is 5.34. The van der Waals surface area contributed by atoms with Crippen molar-refractivity contribution >= 4 is 5.91 Å². The average Bonchev–Trinajstić information content (AvgIpc) is 2.81. The highest BCUT2D eigenvalue weighted by Gasteiger charge is 2.22. The van der Waals surface area contributed by atoms with Crippen LogP contribution in [0.25, 0.3) is 0 Å². The van der Waals surface area contributed by atoms with E-state index in [4.69, 9.17) is 10.5 Å². The largest absolute Gasteiger partial charge is 0.489 e. The highest BCUT2D eigenvalue weighted by molar-refractivity contribution is 5.79. The van der Waals surface area contributed by atoms with Gasteiger partial charge in [-0.15, -0.1) is 0 Å². The molecule has 132 valence electrons. The van der Waals surface area contributed by atoms with Crippen molar-refractivity contribution in [1.82, 2.24) is 4.90 Å². The van der Waals surface area contributed by atoms with Crippen LogP contribution in [0.2, 0.25) is 0 Å². The van der Waals surface area contributed by atoms with E-state index in [1.165, 1.54) is 23.3 Å². The normalized spacial score (nSPS) is 15.9. The van der Waals surface area contributed by atoms with E-state index in [0.29, 0.717) is 6.61 Å². The van der Waals surface area contributed by atoms with Crippen molar-refractivity contribution in [2.45, 2.75) is 32.4 Å². The number of primary amides is 1. The smallest absolute Gasteiger partial charge is 0.234 e. The molecule has 2 aromatic carbocycles. The standard InChI is InChI=1S/C20H23FN2O2/c1-14(20(22)24)23-9-7-16-5-6-19(12-17(16)8-10-23)25-13-15-3-2-4-18(21)11-15/h2-6,11-12,14H,7-10,13H2,1H3,(H2,22,24)/t14-/m0/s1. The summed E-state index contributed by atoms with van der Waals surface area (Å²) in [5, 5.41) is 0. The summed E-state index contributed by atoms with van der Waals surface area (Å²) in [5.41, 5.74) is 8.73. The number of carbonyl (C=O) groups is 1. The first-order valence-electron chi connectivity index (χ1n) is 8.55. The van der Waals surface area contributed by atoms with Crippen molar-refractivity contribution in [3.63, 3.8) is 0 Å². The van der Waals surface area contributed by atoms with Gasteiger partial charge in [0.25, 0.3) is 0 Å². The first-order chi connectivity index (χ1) is 12.0. The molecule has 0 bridgehead atoms. The quantitative estimate of drug-likeness (QED) is 0.909. The van der Waals surface area contributed by atoms with E-state index in [-0.39, 0.29) is 17.8 Å². The second-order valence-corrected chi connectivity index (χ2v) is 6.46. The molecule has 1 aliphatic heterocycles. The van der Waals surface area contributed by atoms with Crippen molar-refractivity contribution in [1.29, 1.82) is 0 Å². The summed E-state index contributed by atoms with van der Waals surface area (Å²) in [5.74, 6) is 0.233. The first-order valence-corrected chi connectivity index (χ1v) is 8.55. The molecule has 5 heteroatoms. The third kappa shape index (κ3) is 4.37. The van der Waals surface area contributed by atoms with Gasteiger partial charge in [-0.3, -0.25) is 9.69 Å². The van der Waals surface area contributed by atoms with Crippen molar-refractivity contribution < 1.29 is 13.9 Å². The predicted octanol–water partition coefficient (Wildman–Crippen LogP) is 2.68. The lowest BCUT2D eigenvalue weighted by Gasteiger charge is -2.24. The number of benzene rings is 2. The van der Waals surface area contributed by atoms with E-state index < -0.39 is 0 Å². The Balaban J connectivity index is 1.66. The summed E-state index contributed by atoms with van der Waals surface area (Å²) in [6.45, 7) is 3.80. The van der Waals surface area contributed by atoms with E-state index in [0.717, 1.165) is 37.2 Å². The number of hydrogen-bond acceptors (Lipinski definition) is 3. The number of hydrogen-bond donors (Lipinski definition) is 1. The first kappa shape index (κ1) is 17.4. The van der Waals surface area contributed by atoms with Crippen molar-refractivity contribution in [2.75, 3.05) is 13.1 Å². The van der Waals surface area contributed by atoms with E-state index >= 15 is 0 Å². The number of halogens is 1. The molecule has 1 heterocycles. The molecule has 3 rings (SSSR count). The summed E-state index contributed by atoms with van der Waals surface area (Å²) in [6, 6.07) is 12.2. The fourth-order valence-corrected chi connectivity index (χ4v) is 3.17. The minimum atomic E-state index is -0.287. The van der Waals surface area contributed by atoms with E-state index in [9.17, 15) is 9.18 Å². The molecule has 0 fully saturated rings. The zero-order valence-electron chi connectivity index (χ0n) is 14.4. The van der Waals surface area contributed by atoms with E-state index in [1.54, 1.807) is 6.07 Å². The molecule has 1 atom stereocenters. The van der Waals surface area contributed by atoms with Gasteiger partial charge in [-0.05, 0) is 60.7 Å². The van der Waals surface area contributed by atoms with E-state index in [2.05, 4.69) is 11.0 Å². The Bertz CT molecular complexity index is 763. The lowest BCUT2D eigenvalue weighted by Crippen LogP contribution is -2.43. The summed E-state index contributed by atoms with van der Waals surface area (Å²) in [6.07, 6.45) is 1.74. The van der Waals surface area contributed by atoms with Crippen LogP contribution in [0.3, 0.4) is 0 Å². The fourth-order valence-electron chi connectivity index (χ4n) is 3.17. The van der Waals surface area contributed by atoms with Crippen molar-refractivity contribution in [3.8, 4) is 5.75 Å². The summed E-state index contributed by atoms with van der Waals surface area (Å²) in [7, 11) is 0. The lowest BCUT2D eigenvalue weighted by molar-refractivity contribution is -0.122. The third-order valence-corrected chi connectivity index (χ3v) is 4.77. The lowest BCUT2D eigenvalue weighted by atomic mass is 10.0. The molecule has 0 saturated carbocycles. The Hall–Kier alpha value is -2.40. The SMILES string of the molecule is C[C@@H](C(N)=O)N1CCc2ccc(OCc3cccc(F)c3)cc2CC1. The van der Waals surface area contributed by atoms with Gasteiger partial charge in [-0.2, -0.15) is 0 Å².